The summed E-state index contributed by atoms with van der Waals surface area (Å²) in [6.07, 6.45) is 1.97. The lowest BCUT2D eigenvalue weighted by Crippen LogP contribution is -2.33. The number of hydrogen-bond donors (Lipinski definition) is 2. The molecule has 2 rings (SSSR count). The van der Waals surface area contributed by atoms with Crippen molar-refractivity contribution in [1.29, 1.82) is 0 Å². The molecule has 118 valence electrons. The third-order valence-electron chi connectivity index (χ3n) is 3.57. The van der Waals surface area contributed by atoms with Gasteiger partial charge in [-0.15, -0.1) is 0 Å². The zero-order valence-corrected chi connectivity index (χ0v) is 13.2. The molecule has 1 unspecified atom stereocenters. The van der Waals surface area contributed by atoms with Gasteiger partial charge in [0.25, 0.3) is 0 Å². The fraction of sp³-hybridized carbons (Fsp3) is 0.571. The number of rotatable bonds is 7. The lowest BCUT2D eigenvalue weighted by Gasteiger charge is -2.18. The van der Waals surface area contributed by atoms with E-state index in [4.69, 9.17) is 4.74 Å². The molecule has 1 heterocycles. The molecule has 0 bridgehead atoms. The predicted octanol–water partition coefficient (Wildman–Crippen LogP) is 1.09. The SMILES string of the molecule is CCN(CCCNC1COc2cc(O)ccc21)S(C)(=O)=O. The van der Waals surface area contributed by atoms with Crippen LogP contribution in [0.4, 0.5) is 0 Å². The van der Waals surface area contributed by atoms with Crippen LogP contribution in [0.1, 0.15) is 24.9 Å². The lowest BCUT2D eigenvalue weighted by atomic mass is 10.1. The first-order chi connectivity index (χ1) is 9.91. The summed E-state index contributed by atoms with van der Waals surface area (Å²) in [5.41, 5.74) is 1.03. The van der Waals surface area contributed by atoms with E-state index in [-0.39, 0.29) is 11.8 Å². The Bertz CT molecular complexity index is 589. The van der Waals surface area contributed by atoms with E-state index in [2.05, 4.69) is 5.32 Å². The van der Waals surface area contributed by atoms with Crippen LogP contribution in [0.5, 0.6) is 11.5 Å². The Kier molecular flexibility index (Phi) is 5.08. The largest absolute Gasteiger partial charge is 0.508 e. The van der Waals surface area contributed by atoms with Gasteiger partial charge in [-0.05, 0) is 25.1 Å². The van der Waals surface area contributed by atoms with Crippen molar-refractivity contribution in [3.63, 3.8) is 0 Å². The minimum atomic E-state index is -3.11. The summed E-state index contributed by atoms with van der Waals surface area (Å²) >= 11 is 0. The Balaban J connectivity index is 1.81. The standard InChI is InChI=1S/C14H22N2O4S/c1-3-16(21(2,18)19)8-4-7-15-13-10-20-14-9-11(17)5-6-12(13)14/h5-6,9,13,15,17H,3-4,7-8,10H2,1-2H3. The van der Waals surface area contributed by atoms with Gasteiger partial charge in [-0.25, -0.2) is 12.7 Å². The fourth-order valence-electron chi connectivity index (χ4n) is 2.46. The summed E-state index contributed by atoms with van der Waals surface area (Å²) in [7, 11) is -3.11. The van der Waals surface area contributed by atoms with Gasteiger partial charge in [0.1, 0.15) is 18.1 Å². The van der Waals surface area contributed by atoms with Crippen LogP contribution >= 0.6 is 0 Å². The van der Waals surface area contributed by atoms with E-state index >= 15 is 0 Å². The average molecular weight is 314 g/mol. The highest BCUT2D eigenvalue weighted by Crippen LogP contribution is 2.34. The highest BCUT2D eigenvalue weighted by atomic mass is 32.2. The van der Waals surface area contributed by atoms with Gasteiger partial charge < -0.3 is 15.2 Å². The van der Waals surface area contributed by atoms with Crippen molar-refractivity contribution in [2.75, 3.05) is 32.5 Å². The first-order valence-electron chi connectivity index (χ1n) is 7.06. The van der Waals surface area contributed by atoms with Gasteiger partial charge in [0.15, 0.2) is 0 Å². The summed E-state index contributed by atoms with van der Waals surface area (Å²) in [6, 6.07) is 5.20. The van der Waals surface area contributed by atoms with Crippen LogP contribution in [0.25, 0.3) is 0 Å². The third-order valence-corrected chi connectivity index (χ3v) is 4.95. The predicted molar refractivity (Wildman–Crippen MR) is 81.1 cm³/mol. The number of sulfonamides is 1. The number of aromatic hydroxyl groups is 1. The molecule has 0 saturated carbocycles. The van der Waals surface area contributed by atoms with Crippen molar-refractivity contribution in [2.45, 2.75) is 19.4 Å². The fourth-order valence-corrected chi connectivity index (χ4v) is 3.39. The van der Waals surface area contributed by atoms with E-state index in [1.807, 2.05) is 13.0 Å². The molecule has 2 N–H and O–H groups in total. The second kappa shape index (κ2) is 6.64. The van der Waals surface area contributed by atoms with Crippen molar-refractivity contribution in [3.8, 4) is 11.5 Å². The van der Waals surface area contributed by atoms with Crippen LogP contribution in [0, 0.1) is 0 Å². The van der Waals surface area contributed by atoms with E-state index in [1.165, 1.54) is 10.6 Å². The third kappa shape index (κ3) is 4.09. The maximum Gasteiger partial charge on any atom is 0.211 e. The molecule has 0 aromatic heterocycles. The van der Waals surface area contributed by atoms with E-state index in [1.54, 1.807) is 12.1 Å². The Morgan fingerprint density at radius 2 is 2.24 bits per heavy atom. The van der Waals surface area contributed by atoms with Gasteiger partial charge in [-0.1, -0.05) is 6.92 Å². The van der Waals surface area contributed by atoms with Gasteiger partial charge >= 0.3 is 0 Å². The molecule has 1 aliphatic rings. The normalized spacial score (nSPS) is 17.8. The van der Waals surface area contributed by atoms with Crippen LogP contribution in [0.2, 0.25) is 0 Å². The van der Waals surface area contributed by atoms with Crippen LogP contribution in [-0.4, -0.2) is 50.3 Å². The molecule has 0 spiro atoms. The Morgan fingerprint density at radius 1 is 1.48 bits per heavy atom. The molecule has 0 fully saturated rings. The summed E-state index contributed by atoms with van der Waals surface area (Å²) in [4.78, 5) is 0. The second-order valence-electron chi connectivity index (χ2n) is 5.15. The van der Waals surface area contributed by atoms with E-state index in [0.29, 0.717) is 32.0 Å². The quantitative estimate of drug-likeness (QED) is 0.737. The van der Waals surface area contributed by atoms with Crippen LogP contribution in [0.15, 0.2) is 18.2 Å². The number of benzene rings is 1. The van der Waals surface area contributed by atoms with Gasteiger partial charge in [-0.2, -0.15) is 0 Å². The summed E-state index contributed by atoms with van der Waals surface area (Å²) in [5, 5.41) is 12.8. The molecular formula is C14H22N2O4S. The molecule has 1 atom stereocenters. The van der Waals surface area contributed by atoms with E-state index < -0.39 is 10.0 Å². The minimum absolute atomic E-state index is 0.0916. The molecule has 7 heteroatoms. The second-order valence-corrected chi connectivity index (χ2v) is 7.13. The number of nitrogens with zero attached hydrogens (tertiary/aromatic N) is 1. The van der Waals surface area contributed by atoms with Gasteiger partial charge in [-0.3, -0.25) is 0 Å². The molecule has 0 saturated heterocycles. The molecule has 0 amide bonds. The van der Waals surface area contributed by atoms with Gasteiger partial charge in [0.05, 0.1) is 12.3 Å². The monoisotopic (exact) mass is 314 g/mol. The molecule has 0 radical (unpaired) electrons. The van der Waals surface area contributed by atoms with Crippen LogP contribution < -0.4 is 10.1 Å². The van der Waals surface area contributed by atoms with Crippen molar-refractivity contribution < 1.29 is 18.3 Å². The van der Waals surface area contributed by atoms with E-state index in [9.17, 15) is 13.5 Å². The van der Waals surface area contributed by atoms with Crippen LogP contribution in [-0.2, 0) is 10.0 Å². The van der Waals surface area contributed by atoms with Crippen molar-refractivity contribution in [3.05, 3.63) is 23.8 Å². The maximum atomic E-state index is 11.5. The summed E-state index contributed by atoms with van der Waals surface area (Å²) in [6.45, 7) is 4.08. The molecule has 21 heavy (non-hydrogen) atoms. The molecule has 1 aliphatic heterocycles. The van der Waals surface area contributed by atoms with Crippen molar-refractivity contribution in [1.82, 2.24) is 9.62 Å². The summed E-state index contributed by atoms with van der Waals surface area (Å²) < 4.78 is 29.9. The number of phenolic OH excluding ortho intramolecular Hbond substituents is 1. The van der Waals surface area contributed by atoms with Gasteiger partial charge in [0.2, 0.25) is 10.0 Å². The van der Waals surface area contributed by atoms with Crippen LogP contribution in [0.3, 0.4) is 0 Å². The highest BCUT2D eigenvalue weighted by molar-refractivity contribution is 7.88. The molecule has 0 aliphatic carbocycles. The Morgan fingerprint density at radius 3 is 2.90 bits per heavy atom. The smallest absolute Gasteiger partial charge is 0.211 e. The number of fused-ring (bicyclic) bond motifs is 1. The zero-order valence-electron chi connectivity index (χ0n) is 12.4. The summed E-state index contributed by atoms with van der Waals surface area (Å²) in [5.74, 6) is 0.903. The van der Waals surface area contributed by atoms with E-state index in [0.717, 1.165) is 12.0 Å². The van der Waals surface area contributed by atoms with Crippen molar-refractivity contribution in [2.24, 2.45) is 0 Å². The molecular weight excluding hydrogens is 292 g/mol. The highest BCUT2D eigenvalue weighted by Gasteiger charge is 2.23. The maximum absolute atomic E-state index is 11.5. The number of ether oxygens (including phenoxy) is 1. The topological polar surface area (TPSA) is 78.9 Å². The molecule has 6 nitrogen and oxygen atoms in total. The van der Waals surface area contributed by atoms with Gasteiger partial charge in [0, 0.05) is 24.7 Å². The minimum Gasteiger partial charge on any atom is -0.508 e. The zero-order chi connectivity index (χ0) is 15.5. The van der Waals surface area contributed by atoms with Crippen molar-refractivity contribution >= 4 is 10.0 Å². The first-order valence-corrected chi connectivity index (χ1v) is 8.91. The number of nitrogens with one attached hydrogen (secondary N) is 1. The number of hydrogen-bond acceptors (Lipinski definition) is 5. The number of phenols is 1. The molecule has 1 aromatic carbocycles. The first kappa shape index (κ1) is 16.1. The molecule has 1 aromatic rings. The Hall–Kier alpha value is -1.31. The Labute approximate surface area is 125 Å². The average Bonchev–Trinajstić information content (AvgIpc) is 2.79. The lowest BCUT2D eigenvalue weighted by molar-refractivity contribution is 0.307.